The number of amides is 1. The van der Waals surface area contributed by atoms with Gasteiger partial charge in [-0.05, 0) is 42.0 Å². The zero-order valence-corrected chi connectivity index (χ0v) is 23.4. The van der Waals surface area contributed by atoms with Crippen LogP contribution in [0.5, 0.6) is 0 Å². The summed E-state index contributed by atoms with van der Waals surface area (Å²) in [6.07, 6.45) is -1.41. The number of aliphatic hydroxyl groups excluding tert-OH is 2. The molecule has 10 heteroatoms. The molecular formula is C27H37N3O5S2. The predicted octanol–water partition coefficient (Wildman–Crippen LogP) is 3.44. The normalized spacial score (nSPS) is 15.6. The summed E-state index contributed by atoms with van der Waals surface area (Å²) in [6.45, 7) is 7.42. The minimum atomic E-state index is -3.95. The Morgan fingerprint density at radius 2 is 1.78 bits per heavy atom. The minimum absolute atomic E-state index is 0.0547. The van der Waals surface area contributed by atoms with E-state index in [9.17, 15) is 23.4 Å². The molecule has 0 saturated heterocycles. The largest absolute Gasteiger partial charge is 0.390 e. The fraction of sp³-hybridized carbons (Fsp3) is 0.481. The van der Waals surface area contributed by atoms with Gasteiger partial charge in [0.1, 0.15) is 6.10 Å². The van der Waals surface area contributed by atoms with Gasteiger partial charge >= 0.3 is 0 Å². The lowest BCUT2D eigenvalue weighted by Gasteiger charge is -2.31. The summed E-state index contributed by atoms with van der Waals surface area (Å²) in [4.78, 5) is 17.1. The molecule has 2 aromatic carbocycles. The molecule has 4 atom stereocenters. The lowest BCUT2D eigenvalue weighted by atomic mass is 9.99. The van der Waals surface area contributed by atoms with E-state index in [2.05, 4.69) is 10.3 Å². The van der Waals surface area contributed by atoms with Gasteiger partial charge in [0.15, 0.2) is 0 Å². The Bertz CT molecular complexity index is 1260. The summed E-state index contributed by atoms with van der Waals surface area (Å²) >= 11 is 1.36. The van der Waals surface area contributed by atoms with Crippen LogP contribution in [0.25, 0.3) is 10.2 Å². The van der Waals surface area contributed by atoms with Crippen molar-refractivity contribution in [2.45, 2.75) is 63.7 Å². The van der Waals surface area contributed by atoms with Crippen LogP contribution in [0.15, 0.2) is 58.9 Å². The Kier molecular flexibility index (Phi) is 10.2. The number of aliphatic hydroxyl groups is 2. The molecule has 0 spiro atoms. The Balaban J connectivity index is 1.90. The molecule has 0 bridgehead atoms. The average molecular weight is 548 g/mol. The van der Waals surface area contributed by atoms with Gasteiger partial charge in [-0.15, -0.1) is 11.3 Å². The number of fused-ring (bicyclic) bond motifs is 1. The fourth-order valence-corrected chi connectivity index (χ4v) is 6.35. The van der Waals surface area contributed by atoms with Crippen LogP contribution in [-0.2, 0) is 21.2 Å². The maximum Gasteiger partial charge on any atom is 0.249 e. The number of nitrogens with one attached hydrogen (secondary N) is 1. The zero-order chi connectivity index (χ0) is 27.2. The second-order valence-corrected chi connectivity index (χ2v) is 12.7. The molecule has 8 nitrogen and oxygen atoms in total. The van der Waals surface area contributed by atoms with E-state index in [1.165, 1.54) is 21.7 Å². The van der Waals surface area contributed by atoms with Gasteiger partial charge in [0.2, 0.25) is 15.9 Å². The smallest absolute Gasteiger partial charge is 0.249 e. The van der Waals surface area contributed by atoms with Crippen LogP contribution in [-0.4, -0.2) is 65.2 Å². The third kappa shape index (κ3) is 7.58. The predicted molar refractivity (Wildman–Crippen MR) is 147 cm³/mol. The Morgan fingerprint density at radius 3 is 2.43 bits per heavy atom. The first-order valence-electron chi connectivity index (χ1n) is 12.6. The van der Waals surface area contributed by atoms with Crippen LogP contribution < -0.4 is 5.32 Å². The highest BCUT2D eigenvalue weighted by Crippen LogP contribution is 2.25. The standard InChI is InChI=1S/C27H37N3O5S2/c1-5-19(4)15-30(37(34,35)21-11-12-22-25(14-21)36-17-28-22)16-24(31)23(13-20-9-7-6-8-10-20)29-27(33)26(32)18(2)3/h6-12,14,17-19,23-24,26,31-32H,5,13,15-16H2,1-4H3,(H,29,33)/t19-,23+,24-,26+/m1/s1. The highest BCUT2D eigenvalue weighted by atomic mass is 32.2. The monoisotopic (exact) mass is 547 g/mol. The van der Waals surface area contributed by atoms with Gasteiger partial charge in [0.25, 0.3) is 0 Å². The molecule has 0 fully saturated rings. The Morgan fingerprint density at radius 1 is 1.08 bits per heavy atom. The summed E-state index contributed by atoms with van der Waals surface area (Å²) in [5.74, 6) is -0.848. The van der Waals surface area contributed by atoms with Gasteiger partial charge in [0, 0.05) is 13.1 Å². The first-order valence-corrected chi connectivity index (χ1v) is 14.9. The number of carbonyl (C=O) groups is 1. The summed E-state index contributed by atoms with van der Waals surface area (Å²) in [5, 5.41) is 24.4. The maximum atomic E-state index is 13.8. The summed E-state index contributed by atoms with van der Waals surface area (Å²) in [6, 6.07) is 13.4. The molecule has 3 aromatic rings. The highest BCUT2D eigenvalue weighted by Gasteiger charge is 2.33. The van der Waals surface area contributed by atoms with Crippen LogP contribution >= 0.6 is 11.3 Å². The molecule has 1 amide bonds. The third-order valence-corrected chi connectivity index (χ3v) is 9.15. The molecule has 0 unspecified atom stereocenters. The molecule has 3 N–H and O–H groups in total. The molecule has 0 saturated carbocycles. The van der Waals surface area contributed by atoms with Crippen LogP contribution in [0.2, 0.25) is 0 Å². The van der Waals surface area contributed by atoms with E-state index in [0.717, 1.165) is 22.2 Å². The first-order chi connectivity index (χ1) is 17.5. The van der Waals surface area contributed by atoms with Crippen molar-refractivity contribution in [3.05, 3.63) is 59.6 Å². The number of aromatic nitrogens is 1. The summed E-state index contributed by atoms with van der Waals surface area (Å²) in [5.41, 5.74) is 3.27. The van der Waals surface area contributed by atoms with Crippen molar-refractivity contribution in [1.82, 2.24) is 14.6 Å². The van der Waals surface area contributed by atoms with Crippen molar-refractivity contribution < 1.29 is 23.4 Å². The Hall–Kier alpha value is -2.37. The van der Waals surface area contributed by atoms with Crippen LogP contribution in [0.4, 0.5) is 0 Å². The average Bonchev–Trinajstić information content (AvgIpc) is 3.35. The lowest BCUT2D eigenvalue weighted by molar-refractivity contribution is -0.133. The molecular weight excluding hydrogens is 510 g/mol. The van der Waals surface area contributed by atoms with Crippen molar-refractivity contribution >= 4 is 37.5 Å². The molecule has 0 radical (unpaired) electrons. The quantitative estimate of drug-likeness (QED) is 0.302. The highest BCUT2D eigenvalue weighted by molar-refractivity contribution is 7.89. The topological polar surface area (TPSA) is 120 Å². The molecule has 1 heterocycles. The number of rotatable bonds is 13. The van der Waals surface area contributed by atoms with Gasteiger partial charge in [0.05, 0.1) is 32.8 Å². The number of nitrogens with zero attached hydrogens (tertiary/aromatic N) is 2. The number of hydrogen-bond donors (Lipinski definition) is 3. The van der Waals surface area contributed by atoms with E-state index in [1.54, 1.807) is 31.5 Å². The zero-order valence-electron chi connectivity index (χ0n) is 21.7. The van der Waals surface area contributed by atoms with Gasteiger partial charge in [-0.25, -0.2) is 13.4 Å². The maximum absolute atomic E-state index is 13.8. The van der Waals surface area contributed by atoms with E-state index in [1.807, 2.05) is 44.2 Å². The van der Waals surface area contributed by atoms with Gasteiger partial charge in [-0.2, -0.15) is 4.31 Å². The van der Waals surface area contributed by atoms with Crippen molar-refractivity contribution in [1.29, 1.82) is 0 Å². The second kappa shape index (κ2) is 12.9. The number of sulfonamides is 1. The SMILES string of the molecule is CC[C@@H](C)CN(C[C@@H](O)[C@H](Cc1ccccc1)NC(=O)[C@@H](O)C(C)C)S(=O)(=O)c1ccc2ncsc2c1. The molecule has 37 heavy (non-hydrogen) atoms. The first kappa shape index (κ1) is 29.2. The number of thiazole rings is 1. The van der Waals surface area contributed by atoms with E-state index < -0.39 is 34.2 Å². The van der Waals surface area contributed by atoms with Crippen LogP contribution in [0, 0.1) is 11.8 Å². The lowest BCUT2D eigenvalue weighted by Crippen LogP contribution is -2.53. The molecule has 202 valence electrons. The number of benzene rings is 2. The molecule has 0 aliphatic heterocycles. The number of carbonyl (C=O) groups excluding carboxylic acids is 1. The van der Waals surface area contributed by atoms with Crippen molar-refractivity contribution in [3.8, 4) is 0 Å². The van der Waals surface area contributed by atoms with E-state index in [-0.39, 0.29) is 36.2 Å². The molecule has 3 rings (SSSR count). The summed E-state index contributed by atoms with van der Waals surface area (Å²) < 4.78 is 29.6. The van der Waals surface area contributed by atoms with Crippen LogP contribution in [0.1, 0.15) is 39.7 Å². The molecule has 1 aromatic heterocycles. The third-order valence-electron chi connectivity index (χ3n) is 6.53. The summed E-state index contributed by atoms with van der Waals surface area (Å²) in [7, 11) is -3.95. The van der Waals surface area contributed by atoms with Crippen molar-refractivity contribution in [2.24, 2.45) is 11.8 Å². The fourth-order valence-electron chi connectivity index (χ4n) is 3.95. The van der Waals surface area contributed by atoms with Crippen molar-refractivity contribution in [3.63, 3.8) is 0 Å². The molecule has 0 aliphatic rings. The van der Waals surface area contributed by atoms with Gasteiger partial charge in [-0.1, -0.05) is 64.4 Å². The van der Waals surface area contributed by atoms with Crippen LogP contribution in [0.3, 0.4) is 0 Å². The van der Waals surface area contributed by atoms with Gasteiger partial charge < -0.3 is 15.5 Å². The van der Waals surface area contributed by atoms with E-state index in [4.69, 9.17) is 0 Å². The van der Waals surface area contributed by atoms with E-state index in [0.29, 0.717) is 0 Å². The van der Waals surface area contributed by atoms with Gasteiger partial charge in [-0.3, -0.25) is 4.79 Å². The van der Waals surface area contributed by atoms with E-state index >= 15 is 0 Å². The second-order valence-electron chi connectivity index (χ2n) is 9.88. The molecule has 0 aliphatic carbocycles. The van der Waals surface area contributed by atoms with Crippen molar-refractivity contribution in [2.75, 3.05) is 13.1 Å². The number of hydrogen-bond acceptors (Lipinski definition) is 7. The minimum Gasteiger partial charge on any atom is -0.390 e. The Labute approximate surface area is 223 Å².